The molecule has 32 heavy (non-hydrogen) atoms. The molecular formula is C23H17ClFN5O2. The largest absolute Gasteiger partial charge is 0.398 e. The number of amides is 2. The summed E-state index contributed by atoms with van der Waals surface area (Å²) >= 11 is 5.69. The first kappa shape index (κ1) is 21.2. The van der Waals surface area contributed by atoms with E-state index in [0.29, 0.717) is 11.1 Å². The predicted molar refractivity (Wildman–Crippen MR) is 123 cm³/mol. The van der Waals surface area contributed by atoms with Crippen LogP contribution in [0, 0.1) is 12.7 Å². The Morgan fingerprint density at radius 1 is 1.03 bits per heavy atom. The molecule has 0 atom stereocenters. The molecule has 4 aromatic rings. The average molecular weight is 450 g/mol. The number of hydrogen-bond acceptors (Lipinski definition) is 5. The average Bonchev–Trinajstić information content (AvgIpc) is 2.75. The number of fused-ring (bicyclic) bond motifs is 1. The quantitative estimate of drug-likeness (QED) is 0.314. The summed E-state index contributed by atoms with van der Waals surface area (Å²) in [7, 11) is 0. The summed E-state index contributed by atoms with van der Waals surface area (Å²) in [5, 5.41) is 6.20. The van der Waals surface area contributed by atoms with E-state index in [1.54, 1.807) is 18.5 Å². The lowest BCUT2D eigenvalue weighted by molar-refractivity contribution is -0.133. The number of nitrogens with zero attached hydrogens (tertiary/aromatic N) is 2. The molecule has 0 saturated carbocycles. The van der Waals surface area contributed by atoms with E-state index < -0.39 is 17.6 Å². The molecule has 9 heteroatoms. The molecule has 160 valence electrons. The number of carbonyl (C=O) groups excluding carboxylic acids is 2. The van der Waals surface area contributed by atoms with Crippen LogP contribution >= 0.6 is 11.6 Å². The molecule has 0 fully saturated rings. The summed E-state index contributed by atoms with van der Waals surface area (Å²) in [6.45, 7) is 1.97. The van der Waals surface area contributed by atoms with E-state index in [1.165, 1.54) is 18.3 Å². The van der Waals surface area contributed by atoms with Crippen LogP contribution in [0.15, 0.2) is 61.1 Å². The molecule has 0 bridgehead atoms. The molecule has 0 spiro atoms. The lowest BCUT2D eigenvalue weighted by Gasteiger charge is -2.11. The number of pyridine rings is 2. The first-order valence-corrected chi connectivity index (χ1v) is 9.87. The van der Waals surface area contributed by atoms with E-state index in [0.717, 1.165) is 28.1 Å². The van der Waals surface area contributed by atoms with E-state index in [1.807, 2.05) is 25.1 Å². The number of halogens is 2. The summed E-state index contributed by atoms with van der Waals surface area (Å²) in [6.07, 6.45) is 4.97. The van der Waals surface area contributed by atoms with Gasteiger partial charge in [0, 0.05) is 40.3 Å². The van der Waals surface area contributed by atoms with Crippen LogP contribution in [0.5, 0.6) is 0 Å². The van der Waals surface area contributed by atoms with Gasteiger partial charge >= 0.3 is 11.8 Å². The highest BCUT2D eigenvalue weighted by atomic mass is 35.5. The molecule has 4 N–H and O–H groups in total. The monoisotopic (exact) mass is 449 g/mol. The maximum Gasteiger partial charge on any atom is 0.315 e. The van der Waals surface area contributed by atoms with Gasteiger partial charge in [-0.1, -0.05) is 11.6 Å². The first-order valence-electron chi connectivity index (χ1n) is 9.49. The Morgan fingerprint density at radius 3 is 2.56 bits per heavy atom. The second kappa shape index (κ2) is 8.60. The zero-order chi connectivity index (χ0) is 22.8. The Labute approximate surface area is 187 Å². The number of hydrogen-bond donors (Lipinski definition) is 3. The Bertz CT molecular complexity index is 1380. The van der Waals surface area contributed by atoms with Crippen molar-refractivity contribution < 1.29 is 14.0 Å². The van der Waals surface area contributed by atoms with Gasteiger partial charge in [-0.15, -0.1) is 0 Å². The molecule has 0 radical (unpaired) electrons. The van der Waals surface area contributed by atoms with Crippen molar-refractivity contribution in [2.75, 3.05) is 16.4 Å². The summed E-state index contributed by atoms with van der Waals surface area (Å²) in [5.41, 5.74) is 9.37. The van der Waals surface area contributed by atoms with Crippen LogP contribution in [0.4, 0.5) is 21.6 Å². The molecular weight excluding hydrogens is 433 g/mol. The van der Waals surface area contributed by atoms with Crippen LogP contribution in [-0.4, -0.2) is 21.8 Å². The smallest absolute Gasteiger partial charge is 0.315 e. The minimum absolute atomic E-state index is 0.147. The second-order valence-electron chi connectivity index (χ2n) is 7.08. The van der Waals surface area contributed by atoms with Gasteiger partial charge in [-0.2, -0.15) is 0 Å². The molecule has 0 saturated heterocycles. The number of anilines is 3. The normalized spacial score (nSPS) is 10.7. The summed E-state index contributed by atoms with van der Waals surface area (Å²) < 4.78 is 13.9. The first-order chi connectivity index (χ1) is 15.3. The Balaban J connectivity index is 1.58. The topological polar surface area (TPSA) is 110 Å². The molecule has 2 amide bonds. The number of benzene rings is 2. The van der Waals surface area contributed by atoms with Gasteiger partial charge in [-0.25, -0.2) is 9.37 Å². The van der Waals surface area contributed by atoms with Crippen LogP contribution in [0.3, 0.4) is 0 Å². The van der Waals surface area contributed by atoms with Gasteiger partial charge in [0.25, 0.3) is 0 Å². The lowest BCUT2D eigenvalue weighted by atomic mass is 9.99. The number of carbonyl (C=O) groups is 2. The fourth-order valence-corrected chi connectivity index (χ4v) is 3.38. The molecule has 0 aliphatic heterocycles. The molecule has 2 heterocycles. The summed E-state index contributed by atoms with van der Waals surface area (Å²) in [6, 6.07) is 10.9. The van der Waals surface area contributed by atoms with E-state index in [2.05, 4.69) is 20.6 Å². The van der Waals surface area contributed by atoms with Crippen LogP contribution in [-0.2, 0) is 9.59 Å². The Morgan fingerprint density at radius 2 is 1.81 bits per heavy atom. The van der Waals surface area contributed by atoms with Gasteiger partial charge < -0.3 is 16.4 Å². The van der Waals surface area contributed by atoms with Crippen LogP contribution < -0.4 is 16.4 Å². The van der Waals surface area contributed by atoms with Crippen molar-refractivity contribution in [1.82, 2.24) is 9.97 Å². The van der Waals surface area contributed by atoms with Gasteiger partial charge in [0.05, 0.1) is 5.69 Å². The maximum absolute atomic E-state index is 13.9. The van der Waals surface area contributed by atoms with Crippen molar-refractivity contribution in [2.45, 2.75) is 6.92 Å². The predicted octanol–water partition coefficient (Wildman–Crippen LogP) is 4.56. The zero-order valence-corrected chi connectivity index (χ0v) is 17.6. The summed E-state index contributed by atoms with van der Waals surface area (Å²) in [4.78, 5) is 32.8. The molecule has 4 rings (SSSR count). The molecule has 0 aliphatic carbocycles. The van der Waals surface area contributed by atoms with Gasteiger partial charge in [0.15, 0.2) is 0 Å². The van der Waals surface area contributed by atoms with Crippen molar-refractivity contribution in [1.29, 1.82) is 0 Å². The highest BCUT2D eigenvalue weighted by Gasteiger charge is 2.17. The van der Waals surface area contributed by atoms with Crippen LogP contribution in [0.1, 0.15) is 5.56 Å². The van der Waals surface area contributed by atoms with Gasteiger partial charge in [-0.05, 0) is 65.9 Å². The SMILES string of the molecule is Cc1ccncc1-c1cc(N)c2cnc(NC(=O)C(=O)Nc3ccc(Cl)cc3F)cc2c1. The minimum atomic E-state index is -1.05. The van der Waals surface area contributed by atoms with Gasteiger partial charge in [0.2, 0.25) is 0 Å². The molecule has 0 unspecified atom stereocenters. The number of nitrogens with two attached hydrogens (primary N) is 1. The highest BCUT2D eigenvalue weighted by Crippen LogP contribution is 2.31. The third-order valence-electron chi connectivity index (χ3n) is 4.85. The number of nitrogens with one attached hydrogen (secondary N) is 2. The lowest BCUT2D eigenvalue weighted by Crippen LogP contribution is -2.29. The third-order valence-corrected chi connectivity index (χ3v) is 5.08. The van der Waals surface area contributed by atoms with Crippen molar-refractivity contribution >= 4 is 51.4 Å². The van der Waals surface area contributed by atoms with Gasteiger partial charge in [0.1, 0.15) is 11.6 Å². The third kappa shape index (κ3) is 4.35. The molecule has 0 aliphatic rings. The summed E-state index contributed by atoms with van der Waals surface area (Å²) in [5.74, 6) is -2.66. The van der Waals surface area contributed by atoms with E-state index in [-0.39, 0.29) is 16.5 Å². The minimum Gasteiger partial charge on any atom is -0.398 e. The van der Waals surface area contributed by atoms with Crippen molar-refractivity contribution in [3.8, 4) is 11.1 Å². The van der Waals surface area contributed by atoms with Crippen LogP contribution in [0.25, 0.3) is 21.9 Å². The number of rotatable bonds is 3. The van der Waals surface area contributed by atoms with Crippen LogP contribution in [0.2, 0.25) is 5.02 Å². The highest BCUT2D eigenvalue weighted by molar-refractivity contribution is 6.43. The standard InChI is InChI=1S/C23H17ClFN5O2/c1-12-4-5-27-10-16(12)13-6-14-8-21(28-11-17(14)19(26)7-13)30-23(32)22(31)29-20-3-2-15(24)9-18(20)25/h2-11H,26H2,1H3,(H,29,31)(H,28,30,32). The Kier molecular flexibility index (Phi) is 5.70. The molecule has 2 aromatic heterocycles. The van der Waals surface area contributed by atoms with Crippen molar-refractivity contribution in [2.24, 2.45) is 0 Å². The molecule has 2 aromatic carbocycles. The van der Waals surface area contributed by atoms with Crippen molar-refractivity contribution in [3.63, 3.8) is 0 Å². The van der Waals surface area contributed by atoms with E-state index >= 15 is 0 Å². The number of aromatic nitrogens is 2. The van der Waals surface area contributed by atoms with Crippen molar-refractivity contribution in [3.05, 3.63) is 77.5 Å². The maximum atomic E-state index is 13.9. The van der Waals surface area contributed by atoms with E-state index in [9.17, 15) is 14.0 Å². The number of aryl methyl sites for hydroxylation is 1. The second-order valence-corrected chi connectivity index (χ2v) is 7.52. The Hall–Kier alpha value is -4.04. The van der Waals surface area contributed by atoms with E-state index in [4.69, 9.17) is 17.3 Å². The fourth-order valence-electron chi connectivity index (χ4n) is 3.22. The fraction of sp³-hybridized carbons (Fsp3) is 0.0435. The molecule has 7 nitrogen and oxygen atoms in total. The van der Waals surface area contributed by atoms with Gasteiger partial charge in [-0.3, -0.25) is 14.6 Å². The number of nitrogen functional groups attached to an aromatic ring is 1. The zero-order valence-electron chi connectivity index (χ0n) is 16.8.